The number of nitrogens with zero attached hydrogens (tertiary/aromatic N) is 6. The second kappa shape index (κ2) is 10.1. The highest BCUT2D eigenvalue weighted by molar-refractivity contribution is 5.83. The number of nitrogens with one attached hydrogen (secondary N) is 1. The lowest BCUT2D eigenvalue weighted by Gasteiger charge is -2.26. The summed E-state index contributed by atoms with van der Waals surface area (Å²) in [7, 11) is 0. The number of halogens is 1. The minimum atomic E-state index is -0.558. The van der Waals surface area contributed by atoms with E-state index in [4.69, 9.17) is 10.8 Å². The van der Waals surface area contributed by atoms with Crippen LogP contribution < -0.4 is 11.1 Å². The third-order valence-electron chi connectivity index (χ3n) is 7.19. The topological polar surface area (TPSA) is 110 Å². The van der Waals surface area contributed by atoms with Crippen LogP contribution in [0.3, 0.4) is 0 Å². The van der Waals surface area contributed by atoms with Crippen LogP contribution in [-0.4, -0.2) is 37.1 Å². The second-order valence-corrected chi connectivity index (χ2v) is 9.81. The Kier molecular flexibility index (Phi) is 6.32. The normalized spacial score (nSPS) is 17.4. The van der Waals surface area contributed by atoms with E-state index in [0.29, 0.717) is 17.3 Å². The van der Waals surface area contributed by atoms with Gasteiger partial charge in [0, 0.05) is 42.0 Å². The van der Waals surface area contributed by atoms with Crippen molar-refractivity contribution in [2.45, 2.75) is 31.7 Å². The third-order valence-corrected chi connectivity index (χ3v) is 7.19. The highest BCUT2D eigenvalue weighted by atomic mass is 19.1. The number of benzene rings is 2. The number of nitriles is 1. The summed E-state index contributed by atoms with van der Waals surface area (Å²) < 4.78 is 18.3. The van der Waals surface area contributed by atoms with E-state index in [2.05, 4.69) is 15.4 Å². The molecule has 190 valence electrons. The maximum absolute atomic E-state index is 14.6. The van der Waals surface area contributed by atoms with Crippen LogP contribution in [-0.2, 0) is 0 Å². The van der Waals surface area contributed by atoms with Crippen LogP contribution in [0.25, 0.3) is 33.5 Å². The molecule has 3 heterocycles. The van der Waals surface area contributed by atoms with Gasteiger partial charge in [-0.25, -0.2) is 13.8 Å². The minimum Gasteiger partial charge on any atom is -0.368 e. The molecule has 0 radical (unpaired) electrons. The molecule has 1 fully saturated rings. The smallest absolute Gasteiger partial charge is 0.149 e. The van der Waals surface area contributed by atoms with Gasteiger partial charge in [0.25, 0.3) is 0 Å². The summed E-state index contributed by atoms with van der Waals surface area (Å²) in [5.74, 6) is 0.643. The summed E-state index contributed by atoms with van der Waals surface area (Å²) in [5, 5.41) is 23.0. The van der Waals surface area contributed by atoms with Crippen molar-refractivity contribution < 1.29 is 4.39 Å². The van der Waals surface area contributed by atoms with Crippen LogP contribution in [0.2, 0.25) is 0 Å². The van der Waals surface area contributed by atoms with E-state index >= 15 is 0 Å². The van der Waals surface area contributed by atoms with Crippen molar-refractivity contribution in [1.29, 1.82) is 5.26 Å². The Morgan fingerprint density at radius 3 is 2.68 bits per heavy atom. The van der Waals surface area contributed by atoms with Gasteiger partial charge < -0.3 is 11.1 Å². The Bertz CT molecular complexity index is 1630. The zero-order chi connectivity index (χ0) is 26.1. The van der Waals surface area contributed by atoms with Crippen LogP contribution in [0.4, 0.5) is 10.2 Å². The summed E-state index contributed by atoms with van der Waals surface area (Å²) in [4.78, 5) is 4.09. The maximum Gasteiger partial charge on any atom is 0.149 e. The summed E-state index contributed by atoms with van der Waals surface area (Å²) in [5.41, 5.74) is 10.2. The lowest BCUT2D eigenvalue weighted by Crippen LogP contribution is -2.31. The van der Waals surface area contributed by atoms with E-state index in [0.717, 1.165) is 60.2 Å². The lowest BCUT2D eigenvalue weighted by atomic mass is 9.86. The van der Waals surface area contributed by atoms with Gasteiger partial charge in [0.2, 0.25) is 0 Å². The maximum atomic E-state index is 14.6. The molecule has 8 nitrogen and oxygen atoms in total. The van der Waals surface area contributed by atoms with Gasteiger partial charge in [-0.2, -0.15) is 10.4 Å². The van der Waals surface area contributed by atoms with E-state index < -0.39 is 5.82 Å². The predicted molar refractivity (Wildman–Crippen MR) is 145 cm³/mol. The Balaban J connectivity index is 1.38. The Morgan fingerprint density at radius 2 is 1.89 bits per heavy atom. The first kappa shape index (κ1) is 23.8. The van der Waals surface area contributed by atoms with Gasteiger partial charge in [0.05, 0.1) is 34.3 Å². The fourth-order valence-electron chi connectivity index (χ4n) is 5.24. The van der Waals surface area contributed by atoms with Crippen molar-refractivity contribution in [2.75, 3.05) is 11.9 Å². The Hall–Kier alpha value is -4.55. The second-order valence-electron chi connectivity index (χ2n) is 9.81. The summed E-state index contributed by atoms with van der Waals surface area (Å²) in [6.45, 7) is 0.781. The molecule has 9 heteroatoms. The van der Waals surface area contributed by atoms with Crippen LogP contribution in [0.15, 0.2) is 73.2 Å². The molecule has 1 aliphatic rings. The number of fused-ring (bicyclic) bond motifs is 1. The highest BCUT2D eigenvalue weighted by Crippen LogP contribution is 2.30. The number of hydrogen-bond acceptors (Lipinski definition) is 6. The highest BCUT2D eigenvalue weighted by Gasteiger charge is 2.20. The third kappa shape index (κ3) is 4.62. The van der Waals surface area contributed by atoms with E-state index in [1.54, 1.807) is 23.1 Å². The van der Waals surface area contributed by atoms with E-state index in [1.165, 1.54) is 12.1 Å². The van der Waals surface area contributed by atoms with Crippen LogP contribution in [0, 0.1) is 23.1 Å². The summed E-state index contributed by atoms with van der Waals surface area (Å²) in [6.07, 6.45) is 9.66. The average molecular weight is 507 g/mol. The molecule has 1 saturated carbocycles. The van der Waals surface area contributed by atoms with Gasteiger partial charge in [0.15, 0.2) is 0 Å². The standard InChI is InChI=1S/C29H27FN8/c30-26-14-20(4-5-21(26)16-31)28-15-29(34-17-19-2-1-3-23(32)12-19)36-38(28)25-6-7-27-22(13-25)18-35-37(27)24-8-10-33-11-9-24/h4-11,13-15,18-19,23H,1-3,12,17,32H2,(H,34,36)/t19-,23-/m1/s1. The number of rotatable bonds is 6. The van der Waals surface area contributed by atoms with Gasteiger partial charge in [-0.1, -0.05) is 12.5 Å². The molecule has 2 atom stereocenters. The lowest BCUT2D eigenvalue weighted by molar-refractivity contribution is 0.335. The monoisotopic (exact) mass is 506 g/mol. The van der Waals surface area contributed by atoms with Gasteiger partial charge >= 0.3 is 0 Å². The summed E-state index contributed by atoms with van der Waals surface area (Å²) >= 11 is 0. The Labute approximate surface area is 219 Å². The largest absolute Gasteiger partial charge is 0.368 e. The first-order chi connectivity index (χ1) is 18.6. The van der Waals surface area contributed by atoms with Crippen molar-refractivity contribution in [3.8, 4) is 28.7 Å². The molecule has 38 heavy (non-hydrogen) atoms. The molecule has 0 saturated heterocycles. The van der Waals surface area contributed by atoms with Crippen LogP contribution >= 0.6 is 0 Å². The quantitative estimate of drug-likeness (QED) is 0.327. The fourth-order valence-corrected chi connectivity index (χ4v) is 5.24. The minimum absolute atomic E-state index is 0.0109. The van der Waals surface area contributed by atoms with Crippen molar-refractivity contribution in [1.82, 2.24) is 24.5 Å². The van der Waals surface area contributed by atoms with E-state index in [1.807, 2.05) is 53.3 Å². The van der Waals surface area contributed by atoms with Crippen LogP contribution in [0.5, 0.6) is 0 Å². The molecule has 0 bridgehead atoms. The number of hydrogen-bond donors (Lipinski definition) is 2. The molecule has 5 aromatic rings. The first-order valence-electron chi connectivity index (χ1n) is 12.8. The zero-order valence-corrected chi connectivity index (χ0v) is 20.8. The number of pyridine rings is 1. The molecule has 3 N–H and O–H groups in total. The average Bonchev–Trinajstić information content (AvgIpc) is 3.57. The molecule has 0 amide bonds. The van der Waals surface area contributed by atoms with Gasteiger partial charge in [-0.05, 0) is 67.6 Å². The molecule has 1 aliphatic carbocycles. The van der Waals surface area contributed by atoms with Crippen molar-refractivity contribution in [3.05, 3.63) is 84.6 Å². The van der Waals surface area contributed by atoms with E-state index in [9.17, 15) is 9.65 Å². The van der Waals surface area contributed by atoms with Gasteiger partial charge in [-0.15, -0.1) is 5.10 Å². The fraction of sp³-hybridized carbons (Fsp3) is 0.241. The predicted octanol–water partition coefficient (Wildman–Crippen LogP) is 5.21. The van der Waals surface area contributed by atoms with Gasteiger partial charge in [0.1, 0.15) is 17.7 Å². The zero-order valence-electron chi connectivity index (χ0n) is 20.8. The molecule has 3 aromatic heterocycles. The molecule has 2 aromatic carbocycles. The van der Waals surface area contributed by atoms with Crippen molar-refractivity contribution in [2.24, 2.45) is 11.7 Å². The first-order valence-corrected chi connectivity index (χ1v) is 12.8. The Morgan fingerprint density at radius 1 is 1.03 bits per heavy atom. The van der Waals surface area contributed by atoms with Crippen molar-refractivity contribution >= 4 is 16.7 Å². The van der Waals surface area contributed by atoms with E-state index in [-0.39, 0.29) is 11.6 Å². The van der Waals surface area contributed by atoms with Crippen molar-refractivity contribution in [3.63, 3.8) is 0 Å². The van der Waals surface area contributed by atoms with Gasteiger partial charge in [-0.3, -0.25) is 4.98 Å². The number of nitrogens with two attached hydrogens (primary N) is 1. The molecular weight excluding hydrogens is 479 g/mol. The number of anilines is 1. The molecule has 0 unspecified atom stereocenters. The molecule has 6 rings (SSSR count). The molecular formula is C29H27FN8. The SMILES string of the molecule is N#Cc1ccc(-c2cc(NC[C@@H]3CCC[C@@H](N)C3)nn2-c2ccc3c(cnn3-c3ccncc3)c2)cc1F. The number of aromatic nitrogens is 5. The summed E-state index contributed by atoms with van der Waals surface area (Å²) in [6, 6.07) is 18.5. The molecule has 0 aliphatic heterocycles. The van der Waals surface area contributed by atoms with Crippen LogP contribution in [0.1, 0.15) is 31.2 Å². The molecule has 0 spiro atoms.